The van der Waals surface area contributed by atoms with Gasteiger partial charge in [0.2, 0.25) is 0 Å². The Labute approximate surface area is 162 Å². The number of H-pyrrole nitrogens is 1. The van der Waals surface area contributed by atoms with Crippen LogP contribution in [0.1, 0.15) is 6.23 Å². The number of imidazole rings is 1. The number of nitrogens with zero attached hydrogens (tertiary/aromatic N) is 3. The van der Waals surface area contributed by atoms with Crippen molar-refractivity contribution in [3.05, 3.63) is 23.0 Å². The Hall–Kier alpha value is 0.190. The van der Waals surface area contributed by atoms with E-state index in [2.05, 4.69) is 15.0 Å². The quantitative estimate of drug-likeness (QED) is 0.405. The van der Waals surface area contributed by atoms with E-state index < -0.39 is 36.7 Å². The minimum Gasteiger partial charge on any atom is -0.394 e. The Bertz CT molecular complexity index is 662. The van der Waals surface area contributed by atoms with Gasteiger partial charge in [-0.15, -0.1) is 0 Å². The molecule has 0 amide bonds. The smallest absolute Gasteiger partial charge is 0.394 e. The van der Waals surface area contributed by atoms with Gasteiger partial charge >= 0.3 is 59.1 Å². The number of rotatable bonds is 2. The second kappa shape index (κ2) is 7.64. The molecule has 1 fully saturated rings. The first-order chi connectivity index (χ1) is 9.13. The van der Waals surface area contributed by atoms with Crippen LogP contribution in [-0.2, 0) is 4.74 Å². The second-order valence-electron chi connectivity index (χ2n) is 4.28. The normalized spacial score (nSPS) is 28.1. The summed E-state index contributed by atoms with van der Waals surface area (Å²) in [6.45, 7) is -0.421. The summed E-state index contributed by atoms with van der Waals surface area (Å²) in [4.78, 5) is 21.8. The van der Waals surface area contributed by atoms with Crippen molar-refractivity contribution in [3.8, 4) is 0 Å². The summed E-state index contributed by atoms with van der Waals surface area (Å²) in [7, 11) is 0. The van der Waals surface area contributed by atoms with Crippen molar-refractivity contribution < 1.29 is 79.2 Å². The van der Waals surface area contributed by atoms with Gasteiger partial charge < -0.3 is 25.0 Å². The molecule has 1 aliphatic heterocycles. The Morgan fingerprint density at radius 3 is 2.62 bits per heavy atom. The van der Waals surface area contributed by atoms with Gasteiger partial charge in [-0.2, -0.15) is 0 Å². The van der Waals surface area contributed by atoms with E-state index in [4.69, 9.17) is 9.84 Å². The maximum Gasteiger partial charge on any atom is 1.00 e. The maximum absolute atomic E-state index is 11.5. The molecule has 2 aromatic rings. The first-order valence-electron chi connectivity index (χ1n) is 5.66. The number of fused-ring (bicyclic) bond motifs is 1. The van der Waals surface area contributed by atoms with E-state index in [1.54, 1.807) is 0 Å². The average Bonchev–Trinajstić information content (AvgIpc) is 2.94. The van der Waals surface area contributed by atoms with E-state index in [0.717, 1.165) is 0 Å². The van der Waals surface area contributed by atoms with E-state index in [-0.39, 0.29) is 70.3 Å². The Kier molecular flexibility index (Phi) is 7.00. The fourth-order valence-corrected chi connectivity index (χ4v) is 2.16. The molecular weight excluding hydrogens is 302 g/mol. The number of aromatic amines is 1. The van der Waals surface area contributed by atoms with Crippen LogP contribution in [0.25, 0.3) is 11.2 Å². The number of aliphatic hydroxyl groups is 3. The monoisotopic (exact) mass is 314 g/mol. The molecule has 4 atom stereocenters. The fraction of sp³-hybridized carbons (Fsp3) is 0.500. The molecule has 0 bridgehead atoms. The van der Waals surface area contributed by atoms with Crippen LogP contribution in [0, 0.1) is 0 Å². The van der Waals surface area contributed by atoms with Crippen molar-refractivity contribution in [1.82, 2.24) is 19.5 Å². The molecule has 0 aliphatic carbocycles. The van der Waals surface area contributed by atoms with Crippen molar-refractivity contribution in [1.29, 1.82) is 0 Å². The second-order valence-corrected chi connectivity index (χ2v) is 4.28. The minimum atomic E-state index is -1.24. The summed E-state index contributed by atoms with van der Waals surface area (Å²) >= 11 is 0. The zero-order valence-corrected chi connectivity index (χ0v) is 15.7. The number of aliphatic hydroxyl groups excluding tert-OH is 3. The van der Waals surface area contributed by atoms with E-state index >= 15 is 0 Å². The van der Waals surface area contributed by atoms with E-state index in [1.807, 2.05) is 0 Å². The van der Waals surface area contributed by atoms with Crippen LogP contribution in [0.15, 0.2) is 17.4 Å². The number of hydrogen-bond donors (Lipinski definition) is 4. The molecule has 1 aliphatic rings. The van der Waals surface area contributed by atoms with Crippen LogP contribution >= 0.6 is 0 Å². The topological polar surface area (TPSA) is 133 Å². The SMILES string of the molecule is O=c1[nH]cnc2c1ncn2[C@@H]1O[C@H](CO)[C@@H](O)[C@H]1O.[Na+].[Na+]. The predicted molar refractivity (Wildman–Crippen MR) is 61.2 cm³/mol. The molecule has 0 saturated carbocycles. The molecule has 0 spiro atoms. The summed E-state index contributed by atoms with van der Waals surface area (Å²) in [6.07, 6.45) is -1.78. The molecule has 3 rings (SSSR count). The van der Waals surface area contributed by atoms with E-state index in [9.17, 15) is 15.0 Å². The van der Waals surface area contributed by atoms with Crippen LogP contribution in [0.2, 0.25) is 0 Å². The van der Waals surface area contributed by atoms with Gasteiger partial charge in [0.05, 0.1) is 19.3 Å². The van der Waals surface area contributed by atoms with Crippen LogP contribution in [-0.4, -0.2) is 59.8 Å². The standard InChI is InChI=1S/C10H12N4O5.2Na/c15-1-4-6(16)7(17)10(19-4)14-3-13-5-8(14)11-2-12-9(5)18;;/h2-4,6-7,10,15-17H,1H2,(H,11,12,18);;/q;2*+1/t4-,6-,7-,10-;;/m1../s1. The van der Waals surface area contributed by atoms with Gasteiger partial charge in [0.1, 0.15) is 18.3 Å². The van der Waals surface area contributed by atoms with Crippen molar-refractivity contribution >= 4 is 11.2 Å². The van der Waals surface area contributed by atoms with Gasteiger partial charge in [0.15, 0.2) is 17.4 Å². The molecule has 0 radical (unpaired) electrons. The molecule has 4 N–H and O–H groups in total. The van der Waals surface area contributed by atoms with Gasteiger partial charge in [0.25, 0.3) is 5.56 Å². The molecule has 1 saturated heterocycles. The Balaban J connectivity index is 0.00000110. The van der Waals surface area contributed by atoms with E-state index in [0.29, 0.717) is 0 Å². The average molecular weight is 314 g/mol. The number of nitrogens with one attached hydrogen (secondary N) is 1. The molecular formula is C10H12N4Na2O5+2. The molecule has 0 unspecified atom stereocenters. The molecule has 11 heteroatoms. The Morgan fingerprint density at radius 2 is 2.00 bits per heavy atom. The van der Waals surface area contributed by atoms with Crippen molar-refractivity contribution in [3.63, 3.8) is 0 Å². The zero-order valence-electron chi connectivity index (χ0n) is 11.7. The first kappa shape index (κ1) is 19.2. The van der Waals surface area contributed by atoms with Crippen molar-refractivity contribution in [2.75, 3.05) is 6.61 Å². The third kappa shape index (κ3) is 3.27. The predicted octanol–water partition coefficient (Wildman–Crippen LogP) is -8.26. The van der Waals surface area contributed by atoms with Gasteiger partial charge in [-0.25, -0.2) is 9.97 Å². The molecule has 3 heterocycles. The molecule has 102 valence electrons. The summed E-state index contributed by atoms with van der Waals surface area (Å²) in [5.41, 5.74) is -0.0608. The molecule has 0 aromatic carbocycles. The number of ether oxygens (including phenoxy) is 1. The summed E-state index contributed by atoms with van der Waals surface area (Å²) in [6, 6.07) is 0. The van der Waals surface area contributed by atoms with Gasteiger partial charge in [-0.1, -0.05) is 0 Å². The van der Waals surface area contributed by atoms with Crippen LogP contribution in [0.4, 0.5) is 0 Å². The molecule has 2 aromatic heterocycles. The van der Waals surface area contributed by atoms with Crippen molar-refractivity contribution in [2.24, 2.45) is 0 Å². The molecule has 21 heavy (non-hydrogen) atoms. The van der Waals surface area contributed by atoms with Gasteiger partial charge in [-0.05, 0) is 0 Å². The third-order valence-electron chi connectivity index (χ3n) is 3.16. The summed E-state index contributed by atoms with van der Waals surface area (Å²) in [5, 5.41) is 28.6. The van der Waals surface area contributed by atoms with E-state index in [1.165, 1.54) is 17.2 Å². The first-order valence-corrected chi connectivity index (χ1v) is 5.66. The Morgan fingerprint density at radius 1 is 1.29 bits per heavy atom. The third-order valence-corrected chi connectivity index (χ3v) is 3.16. The van der Waals surface area contributed by atoms with Crippen LogP contribution in [0.5, 0.6) is 0 Å². The van der Waals surface area contributed by atoms with Crippen LogP contribution < -0.4 is 64.7 Å². The number of hydrogen-bond acceptors (Lipinski definition) is 7. The van der Waals surface area contributed by atoms with Gasteiger partial charge in [-0.3, -0.25) is 9.36 Å². The maximum atomic E-state index is 11.5. The minimum absolute atomic E-state index is 0. The zero-order chi connectivity index (χ0) is 13.6. The fourth-order valence-electron chi connectivity index (χ4n) is 2.16. The molecule has 9 nitrogen and oxygen atoms in total. The van der Waals surface area contributed by atoms with Crippen LogP contribution in [0.3, 0.4) is 0 Å². The number of aromatic nitrogens is 4. The summed E-state index contributed by atoms with van der Waals surface area (Å²) < 4.78 is 6.70. The van der Waals surface area contributed by atoms with Crippen molar-refractivity contribution in [2.45, 2.75) is 24.5 Å². The van der Waals surface area contributed by atoms with Gasteiger partial charge in [0, 0.05) is 0 Å². The summed E-state index contributed by atoms with van der Waals surface area (Å²) in [5.74, 6) is 0. The largest absolute Gasteiger partial charge is 1.00 e.